The molecule has 0 radical (unpaired) electrons. The molecule has 0 aliphatic rings. The first kappa shape index (κ1) is 32.7. The minimum Gasteiger partial charge on any atom is -0.503 e. The van der Waals surface area contributed by atoms with E-state index in [9.17, 15) is 4.79 Å². The Labute approximate surface area is 256 Å². The number of hydrogen-bond acceptors (Lipinski definition) is 10. The number of methoxy groups -OCH3 is 2. The highest BCUT2D eigenvalue weighted by atomic mass is 35.5. The molecule has 3 aromatic rings. The first-order valence-corrected chi connectivity index (χ1v) is 13.6. The minimum absolute atomic E-state index is 0.0826. The summed E-state index contributed by atoms with van der Waals surface area (Å²) in [5.74, 6) is 0.0879. The predicted molar refractivity (Wildman–Crippen MR) is 166 cm³/mol. The van der Waals surface area contributed by atoms with E-state index < -0.39 is 5.97 Å². The van der Waals surface area contributed by atoms with Gasteiger partial charge in [0.05, 0.1) is 20.5 Å². The van der Waals surface area contributed by atoms with Gasteiger partial charge < -0.3 is 28.7 Å². The van der Waals surface area contributed by atoms with Gasteiger partial charge in [0.25, 0.3) is 0 Å². The summed E-state index contributed by atoms with van der Waals surface area (Å²) in [6, 6.07) is 21.8. The van der Waals surface area contributed by atoms with E-state index in [0.29, 0.717) is 45.6 Å². The molecule has 0 fully saturated rings. The van der Waals surface area contributed by atoms with Crippen molar-refractivity contribution in [1.29, 1.82) is 0 Å². The third kappa shape index (κ3) is 9.61. The summed E-state index contributed by atoms with van der Waals surface area (Å²) in [5.41, 5.74) is 4.74. The van der Waals surface area contributed by atoms with Gasteiger partial charge in [-0.15, -0.1) is 0 Å². The second kappa shape index (κ2) is 17.2. The number of nitrogens with zero attached hydrogens (tertiary/aromatic N) is 3. The molecule has 0 spiro atoms. The fourth-order valence-corrected chi connectivity index (χ4v) is 3.96. The van der Waals surface area contributed by atoms with Crippen LogP contribution >= 0.6 is 11.6 Å². The van der Waals surface area contributed by atoms with Crippen LogP contribution in [-0.2, 0) is 35.4 Å². The molecule has 0 heterocycles. The lowest BCUT2D eigenvalue weighted by molar-refractivity contribution is -0.133. The van der Waals surface area contributed by atoms with Gasteiger partial charge in [-0.1, -0.05) is 63.5 Å². The van der Waals surface area contributed by atoms with Crippen LogP contribution in [0, 0.1) is 0 Å². The van der Waals surface area contributed by atoms with Crippen LogP contribution in [0.25, 0.3) is 5.57 Å². The third-order valence-corrected chi connectivity index (χ3v) is 6.13. The number of ether oxygens (including phenoxy) is 3. The molecule has 0 aliphatic carbocycles. The average molecular weight is 608 g/mol. The van der Waals surface area contributed by atoms with Gasteiger partial charge in [-0.05, 0) is 55.8 Å². The van der Waals surface area contributed by atoms with Crippen LogP contribution in [0.1, 0.15) is 36.1 Å². The molecule has 0 amide bonds. The molecule has 0 N–H and O–H groups in total. The summed E-state index contributed by atoms with van der Waals surface area (Å²) in [5, 5.41) is 13.2. The maximum absolute atomic E-state index is 12.3. The first-order chi connectivity index (χ1) is 20.9. The highest BCUT2D eigenvalue weighted by Gasteiger charge is 2.17. The number of oxime groups is 3. The summed E-state index contributed by atoms with van der Waals surface area (Å²) in [7, 11) is 4.25. The van der Waals surface area contributed by atoms with E-state index in [4.69, 9.17) is 40.3 Å². The highest BCUT2D eigenvalue weighted by Crippen LogP contribution is 2.22. The van der Waals surface area contributed by atoms with Crippen molar-refractivity contribution in [2.75, 3.05) is 34.5 Å². The maximum Gasteiger partial charge on any atom is 0.341 e. The van der Waals surface area contributed by atoms with Crippen LogP contribution in [0.4, 0.5) is 0 Å². The van der Waals surface area contributed by atoms with Crippen molar-refractivity contribution in [2.24, 2.45) is 15.5 Å². The standard InChI is InChI=1S/C32H34ClN3O7/c1-6-42-36-31(22(2)34-43-19-25-9-7-8-10-28(25)29(20-38-3)32(37)39-4)24-13-17-27(18-14-24)41-21-30(35-40-5)23-11-15-26(33)16-12-23/h7-18,20H,6,19,21H2,1-5H3/b29-20+,34-22+,35-30-,36-31-. The minimum atomic E-state index is -0.528. The number of esters is 1. The lowest BCUT2D eigenvalue weighted by Gasteiger charge is -2.12. The third-order valence-electron chi connectivity index (χ3n) is 5.88. The van der Waals surface area contributed by atoms with Crippen LogP contribution in [-0.4, -0.2) is 57.6 Å². The lowest BCUT2D eigenvalue weighted by atomic mass is 10.0. The molecule has 0 aliphatic heterocycles. The summed E-state index contributed by atoms with van der Waals surface area (Å²) in [6.45, 7) is 4.24. The smallest absolute Gasteiger partial charge is 0.341 e. The van der Waals surface area contributed by atoms with Crippen molar-refractivity contribution in [2.45, 2.75) is 20.5 Å². The number of benzene rings is 3. The summed E-state index contributed by atoms with van der Waals surface area (Å²) in [6.07, 6.45) is 1.34. The molecular weight excluding hydrogens is 574 g/mol. The molecule has 11 heteroatoms. The average Bonchev–Trinajstić information content (AvgIpc) is 3.03. The van der Waals surface area contributed by atoms with E-state index in [-0.39, 0.29) is 18.8 Å². The predicted octanol–water partition coefficient (Wildman–Crippen LogP) is 6.26. The van der Waals surface area contributed by atoms with E-state index in [0.717, 1.165) is 11.1 Å². The van der Waals surface area contributed by atoms with Gasteiger partial charge in [0, 0.05) is 21.7 Å². The first-order valence-electron chi connectivity index (χ1n) is 13.3. The molecule has 3 rings (SSSR count). The van der Waals surface area contributed by atoms with Crippen LogP contribution < -0.4 is 4.74 Å². The van der Waals surface area contributed by atoms with Crippen LogP contribution in [0.2, 0.25) is 5.02 Å². The van der Waals surface area contributed by atoms with E-state index in [2.05, 4.69) is 15.5 Å². The second-order valence-corrected chi connectivity index (χ2v) is 9.20. The van der Waals surface area contributed by atoms with E-state index in [1.54, 1.807) is 25.1 Å². The Balaban J connectivity index is 1.74. The van der Waals surface area contributed by atoms with Gasteiger partial charge in [-0.25, -0.2) is 4.79 Å². The Morgan fingerprint density at radius 1 is 0.860 bits per heavy atom. The number of hydrogen-bond donors (Lipinski definition) is 0. The fraction of sp³-hybridized carbons (Fsp3) is 0.250. The topological polar surface area (TPSA) is 110 Å². The fourth-order valence-electron chi connectivity index (χ4n) is 3.83. The Bertz CT molecular complexity index is 1470. The molecule has 0 bridgehead atoms. The van der Waals surface area contributed by atoms with Gasteiger partial charge in [0.15, 0.2) is 0 Å². The summed E-state index contributed by atoms with van der Waals surface area (Å²) in [4.78, 5) is 28.3. The normalized spacial score (nSPS) is 12.4. The molecule has 3 aromatic carbocycles. The van der Waals surface area contributed by atoms with Crippen molar-refractivity contribution >= 4 is 40.3 Å². The zero-order chi connectivity index (χ0) is 31.0. The molecular formula is C32H34ClN3O7. The molecule has 0 atom stereocenters. The van der Waals surface area contributed by atoms with E-state index >= 15 is 0 Å². The van der Waals surface area contributed by atoms with Gasteiger partial charge in [0.2, 0.25) is 0 Å². The summed E-state index contributed by atoms with van der Waals surface area (Å²) < 4.78 is 15.9. The van der Waals surface area contributed by atoms with Crippen molar-refractivity contribution in [1.82, 2.24) is 0 Å². The maximum atomic E-state index is 12.3. The zero-order valence-corrected chi connectivity index (χ0v) is 25.5. The van der Waals surface area contributed by atoms with Gasteiger partial charge in [-0.3, -0.25) is 0 Å². The number of carbonyl (C=O) groups excluding carboxylic acids is 1. The van der Waals surface area contributed by atoms with E-state index in [1.807, 2.05) is 61.5 Å². The van der Waals surface area contributed by atoms with Crippen LogP contribution in [0.15, 0.2) is 94.5 Å². The lowest BCUT2D eigenvalue weighted by Crippen LogP contribution is -2.15. The molecule has 0 saturated carbocycles. The highest BCUT2D eigenvalue weighted by molar-refractivity contribution is 6.47. The summed E-state index contributed by atoms with van der Waals surface area (Å²) >= 11 is 6.00. The van der Waals surface area contributed by atoms with Crippen molar-refractivity contribution in [3.8, 4) is 5.75 Å². The SMILES string of the molecule is CCO/N=C(/C(C)=N/OCc1ccccc1/C(=C\OC)C(=O)OC)c1ccc(OC/C(=N/OC)c2ccc(Cl)cc2)cc1. The number of rotatable bonds is 15. The Kier molecular flexibility index (Phi) is 13.1. The molecule has 0 saturated heterocycles. The Morgan fingerprint density at radius 2 is 1.56 bits per heavy atom. The van der Waals surface area contributed by atoms with Crippen LogP contribution in [0.3, 0.4) is 0 Å². The quantitative estimate of drug-likeness (QED) is 0.0659. The Morgan fingerprint density at radius 3 is 2.21 bits per heavy atom. The van der Waals surface area contributed by atoms with Gasteiger partial charge in [0.1, 0.15) is 55.4 Å². The molecule has 0 aromatic heterocycles. The molecule has 0 unspecified atom stereocenters. The van der Waals surface area contributed by atoms with Gasteiger partial charge >= 0.3 is 5.97 Å². The monoisotopic (exact) mass is 607 g/mol. The number of carbonyl (C=O) groups is 1. The van der Waals surface area contributed by atoms with E-state index in [1.165, 1.54) is 27.6 Å². The molecule has 10 nitrogen and oxygen atoms in total. The molecule has 226 valence electrons. The Hall–Kier alpha value is -4.83. The largest absolute Gasteiger partial charge is 0.503 e. The second-order valence-electron chi connectivity index (χ2n) is 8.76. The number of halogens is 1. The molecule has 43 heavy (non-hydrogen) atoms. The van der Waals surface area contributed by atoms with Crippen molar-refractivity contribution in [3.05, 3.63) is 106 Å². The van der Waals surface area contributed by atoms with Gasteiger partial charge in [-0.2, -0.15) is 0 Å². The van der Waals surface area contributed by atoms with Crippen molar-refractivity contribution < 1.29 is 33.5 Å². The zero-order valence-electron chi connectivity index (χ0n) is 24.7. The van der Waals surface area contributed by atoms with Crippen LogP contribution in [0.5, 0.6) is 5.75 Å². The van der Waals surface area contributed by atoms with Crippen molar-refractivity contribution in [3.63, 3.8) is 0 Å².